The number of benzene rings is 2. The summed E-state index contributed by atoms with van der Waals surface area (Å²) in [5.74, 6) is -0.459. The van der Waals surface area contributed by atoms with Crippen molar-refractivity contribution >= 4 is 60.7 Å². The van der Waals surface area contributed by atoms with E-state index >= 15 is 0 Å². The zero-order valence-electron chi connectivity index (χ0n) is 17.4. The van der Waals surface area contributed by atoms with Gasteiger partial charge in [0, 0.05) is 30.7 Å². The number of carbonyl (C=O) groups is 1. The highest BCUT2D eigenvalue weighted by atomic mass is 35.5. The topological polar surface area (TPSA) is 71.7 Å². The first kappa shape index (κ1) is 23.9. The molecule has 0 bridgehead atoms. The first-order valence-corrected chi connectivity index (χ1v) is 12.8. The molecule has 3 aromatic rings. The molecule has 0 spiro atoms. The standard InChI is InChI=1S/C21H23Cl2N3O3S2/c1-4-6-11-25(3)31(28,29)16-9-7-14(8-10-16)20(27)24-21-26(5-2)19-17(23)12-15(22)13-18(19)30-21/h7-10,12-13H,4-6,11H2,1-3H3. The van der Waals surface area contributed by atoms with Crippen molar-refractivity contribution in [1.29, 1.82) is 0 Å². The lowest BCUT2D eigenvalue weighted by atomic mass is 10.2. The fraction of sp³-hybridized carbons (Fsp3) is 0.333. The number of carbonyl (C=O) groups excluding carboxylic acids is 1. The van der Waals surface area contributed by atoms with Crippen LogP contribution in [-0.4, -0.2) is 36.8 Å². The molecule has 0 fully saturated rings. The third-order valence-electron chi connectivity index (χ3n) is 4.84. The molecule has 3 rings (SSSR count). The number of hydrogen-bond donors (Lipinski definition) is 0. The molecule has 0 saturated carbocycles. The van der Waals surface area contributed by atoms with E-state index in [-0.39, 0.29) is 4.90 Å². The molecule has 0 unspecified atom stereocenters. The third-order valence-corrected chi connectivity index (χ3v) is 8.25. The quantitative estimate of drug-likeness (QED) is 0.448. The van der Waals surface area contributed by atoms with Crippen LogP contribution >= 0.6 is 34.5 Å². The first-order valence-electron chi connectivity index (χ1n) is 9.82. The van der Waals surface area contributed by atoms with Crippen LogP contribution in [0.4, 0.5) is 0 Å². The van der Waals surface area contributed by atoms with Gasteiger partial charge in [0.25, 0.3) is 5.91 Å². The summed E-state index contributed by atoms with van der Waals surface area (Å²) in [6.07, 6.45) is 1.69. The van der Waals surface area contributed by atoms with Crippen molar-refractivity contribution in [2.75, 3.05) is 13.6 Å². The minimum atomic E-state index is -3.59. The normalized spacial score (nSPS) is 12.8. The predicted molar refractivity (Wildman–Crippen MR) is 127 cm³/mol. The smallest absolute Gasteiger partial charge is 0.279 e. The van der Waals surface area contributed by atoms with Gasteiger partial charge in [-0.2, -0.15) is 4.99 Å². The molecule has 0 aliphatic carbocycles. The highest BCUT2D eigenvalue weighted by Crippen LogP contribution is 2.29. The lowest BCUT2D eigenvalue weighted by Crippen LogP contribution is -2.27. The molecule has 0 aliphatic heterocycles. The number of amides is 1. The van der Waals surface area contributed by atoms with Crippen molar-refractivity contribution in [3.05, 3.63) is 56.8 Å². The predicted octanol–water partition coefficient (Wildman–Crippen LogP) is 5.19. The number of unbranched alkanes of at least 4 members (excludes halogenated alkanes) is 1. The summed E-state index contributed by atoms with van der Waals surface area (Å²) in [6, 6.07) is 9.30. The van der Waals surface area contributed by atoms with E-state index in [1.54, 1.807) is 19.2 Å². The number of hydrogen-bond acceptors (Lipinski definition) is 4. The summed E-state index contributed by atoms with van der Waals surface area (Å²) < 4.78 is 29.3. The lowest BCUT2D eigenvalue weighted by molar-refractivity contribution is 0.0997. The first-order chi connectivity index (χ1) is 14.7. The Morgan fingerprint density at radius 3 is 2.45 bits per heavy atom. The number of rotatable bonds is 7. The monoisotopic (exact) mass is 499 g/mol. The maximum absolute atomic E-state index is 12.8. The van der Waals surface area contributed by atoms with Crippen molar-refractivity contribution < 1.29 is 13.2 Å². The third kappa shape index (κ3) is 5.04. The van der Waals surface area contributed by atoms with Crippen LogP contribution in [0.2, 0.25) is 10.0 Å². The average Bonchev–Trinajstić information content (AvgIpc) is 3.08. The summed E-state index contributed by atoms with van der Waals surface area (Å²) in [4.78, 5) is 17.7. The fourth-order valence-corrected chi connectivity index (χ4v) is 6.19. The minimum Gasteiger partial charge on any atom is -0.315 e. The van der Waals surface area contributed by atoms with Crippen molar-refractivity contribution in [3.63, 3.8) is 0 Å². The van der Waals surface area contributed by atoms with Crippen LogP contribution in [0.1, 0.15) is 37.0 Å². The van der Waals surface area contributed by atoms with Gasteiger partial charge in [0.2, 0.25) is 10.0 Å². The summed E-state index contributed by atoms with van der Waals surface area (Å²) in [6.45, 7) is 4.97. The van der Waals surface area contributed by atoms with Crippen LogP contribution in [0, 0.1) is 0 Å². The molecule has 10 heteroatoms. The van der Waals surface area contributed by atoms with E-state index in [9.17, 15) is 13.2 Å². The van der Waals surface area contributed by atoms with Gasteiger partial charge >= 0.3 is 0 Å². The van der Waals surface area contributed by atoms with Crippen LogP contribution in [0.5, 0.6) is 0 Å². The molecule has 0 radical (unpaired) electrons. The molecule has 166 valence electrons. The van der Waals surface area contributed by atoms with Gasteiger partial charge in [0.05, 0.1) is 20.1 Å². The van der Waals surface area contributed by atoms with E-state index in [2.05, 4.69) is 4.99 Å². The molecular weight excluding hydrogens is 477 g/mol. The van der Waals surface area contributed by atoms with Crippen LogP contribution < -0.4 is 4.80 Å². The Labute approximate surface area is 195 Å². The highest BCUT2D eigenvalue weighted by molar-refractivity contribution is 7.89. The second kappa shape index (κ2) is 9.83. The van der Waals surface area contributed by atoms with Gasteiger partial charge in [0.1, 0.15) is 0 Å². The van der Waals surface area contributed by atoms with E-state index in [4.69, 9.17) is 23.2 Å². The molecule has 2 aromatic carbocycles. The van der Waals surface area contributed by atoms with Crippen LogP contribution in [0.25, 0.3) is 10.2 Å². The van der Waals surface area contributed by atoms with Crippen LogP contribution in [-0.2, 0) is 16.6 Å². The Hall–Kier alpha value is -1.71. The van der Waals surface area contributed by atoms with Crippen LogP contribution in [0.3, 0.4) is 0 Å². The summed E-state index contributed by atoms with van der Waals surface area (Å²) >= 11 is 13.8. The van der Waals surface area contributed by atoms with Crippen LogP contribution in [0.15, 0.2) is 46.3 Å². The minimum absolute atomic E-state index is 0.148. The van der Waals surface area contributed by atoms with Gasteiger partial charge < -0.3 is 4.57 Å². The van der Waals surface area contributed by atoms with Gasteiger partial charge in [-0.3, -0.25) is 4.79 Å². The highest BCUT2D eigenvalue weighted by Gasteiger charge is 2.20. The summed E-state index contributed by atoms with van der Waals surface area (Å²) in [5, 5.41) is 1.01. The molecule has 0 N–H and O–H groups in total. The Bertz CT molecular complexity index is 1280. The molecule has 1 aromatic heterocycles. The van der Waals surface area contributed by atoms with E-state index < -0.39 is 15.9 Å². The van der Waals surface area contributed by atoms with Crippen molar-refractivity contribution in [1.82, 2.24) is 8.87 Å². The second-order valence-corrected chi connectivity index (χ2v) is 10.9. The maximum atomic E-state index is 12.8. The number of thiazole rings is 1. The maximum Gasteiger partial charge on any atom is 0.279 e. The number of aryl methyl sites for hydroxylation is 1. The average molecular weight is 500 g/mol. The van der Waals surface area contributed by atoms with Crippen molar-refractivity contribution in [2.24, 2.45) is 4.99 Å². The molecular formula is C21H23Cl2N3O3S2. The Kier molecular flexibility index (Phi) is 7.59. The Morgan fingerprint density at radius 1 is 1.16 bits per heavy atom. The fourth-order valence-electron chi connectivity index (χ4n) is 3.11. The number of fused-ring (bicyclic) bond motifs is 1. The molecule has 1 heterocycles. The molecule has 0 atom stereocenters. The van der Waals surface area contributed by atoms with Crippen molar-refractivity contribution in [3.8, 4) is 0 Å². The van der Waals surface area contributed by atoms with Gasteiger partial charge in [-0.05, 0) is 49.7 Å². The summed E-state index contributed by atoms with van der Waals surface area (Å²) in [7, 11) is -2.03. The van der Waals surface area contributed by atoms with Gasteiger partial charge in [0.15, 0.2) is 4.80 Å². The van der Waals surface area contributed by atoms with Crippen molar-refractivity contribution in [2.45, 2.75) is 38.1 Å². The molecule has 31 heavy (non-hydrogen) atoms. The molecule has 0 saturated heterocycles. The zero-order valence-corrected chi connectivity index (χ0v) is 20.6. The molecule has 0 aliphatic rings. The lowest BCUT2D eigenvalue weighted by Gasteiger charge is -2.16. The number of aromatic nitrogens is 1. The largest absolute Gasteiger partial charge is 0.315 e. The second-order valence-electron chi connectivity index (χ2n) is 6.98. The molecule has 1 amide bonds. The van der Waals surface area contributed by atoms with E-state index in [1.165, 1.54) is 39.9 Å². The Morgan fingerprint density at radius 2 is 1.84 bits per heavy atom. The van der Waals surface area contributed by atoms with Gasteiger partial charge in [-0.15, -0.1) is 0 Å². The number of sulfonamides is 1. The zero-order chi connectivity index (χ0) is 22.8. The summed E-state index contributed by atoms with van der Waals surface area (Å²) in [5.41, 5.74) is 1.08. The van der Waals surface area contributed by atoms with E-state index in [0.717, 1.165) is 23.1 Å². The van der Waals surface area contributed by atoms with Gasteiger partial charge in [-0.1, -0.05) is 47.9 Å². The van der Waals surface area contributed by atoms with E-state index in [1.807, 2.05) is 18.4 Å². The SMILES string of the molecule is CCCCN(C)S(=O)(=O)c1ccc(C(=O)N=c2sc3cc(Cl)cc(Cl)c3n2CC)cc1. The van der Waals surface area contributed by atoms with Gasteiger partial charge in [-0.25, -0.2) is 12.7 Å². The van der Waals surface area contributed by atoms with E-state index in [0.29, 0.717) is 33.5 Å². The Balaban J connectivity index is 1.94. The number of halogens is 2. The number of nitrogens with zero attached hydrogens (tertiary/aromatic N) is 3. The molecule has 6 nitrogen and oxygen atoms in total.